The molecule has 2 N–H and O–H groups in total. The number of nitrogens with two attached hydrogens (primary N) is 1. The molecule has 2 aromatic rings. The maximum Gasteiger partial charge on any atom is 0.102 e. The third-order valence-corrected chi connectivity index (χ3v) is 3.54. The van der Waals surface area contributed by atoms with Gasteiger partial charge in [-0.1, -0.05) is 50.3 Å². The first-order valence-electron chi connectivity index (χ1n) is 7.15. The van der Waals surface area contributed by atoms with Crippen LogP contribution < -0.4 is 5.73 Å². The summed E-state index contributed by atoms with van der Waals surface area (Å²) in [7, 11) is 1.66. The number of ether oxygens (including phenoxy) is 1. The fourth-order valence-corrected chi connectivity index (χ4v) is 2.23. The van der Waals surface area contributed by atoms with Crippen LogP contribution in [-0.4, -0.2) is 22.1 Å². The molecular formula is C16H24N4O. The summed E-state index contributed by atoms with van der Waals surface area (Å²) >= 11 is 0. The molecule has 114 valence electrons. The summed E-state index contributed by atoms with van der Waals surface area (Å²) in [6.45, 7) is 8.16. The third kappa shape index (κ3) is 3.68. The molecule has 1 aromatic carbocycles. The van der Waals surface area contributed by atoms with Crippen molar-refractivity contribution in [2.75, 3.05) is 7.11 Å². The number of aromatic nitrogens is 3. The molecule has 0 bridgehead atoms. The summed E-state index contributed by atoms with van der Waals surface area (Å²) in [5.41, 5.74) is 10.1. The van der Waals surface area contributed by atoms with Crippen LogP contribution in [0.3, 0.4) is 0 Å². The highest BCUT2D eigenvalue weighted by Crippen LogP contribution is 2.22. The number of nitrogens with zero attached hydrogens (tertiary/aromatic N) is 3. The van der Waals surface area contributed by atoms with Gasteiger partial charge in [-0.25, -0.2) is 4.68 Å². The van der Waals surface area contributed by atoms with E-state index in [9.17, 15) is 0 Å². The van der Waals surface area contributed by atoms with Gasteiger partial charge in [0.05, 0.1) is 18.8 Å². The lowest BCUT2D eigenvalue weighted by atomic mass is 9.87. The van der Waals surface area contributed by atoms with Gasteiger partial charge in [0.2, 0.25) is 0 Å². The van der Waals surface area contributed by atoms with Crippen LogP contribution in [0.25, 0.3) is 0 Å². The summed E-state index contributed by atoms with van der Waals surface area (Å²) in [5, 5.41) is 8.29. The lowest BCUT2D eigenvalue weighted by Gasteiger charge is -2.19. The summed E-state index contributed by atoms with van der Waals surface area (Å²) < 4.78 is 7.07. The van der Waals surface area contributed by atoms with E-state index in [-0.39, 0.29) is 5.41 Å². The van der Waals surface area contributed by atoms with E-state index >= 15 is 0 Å². The van der Waals surface area contributed by atoms with Crippen molar-refractivity contribution in [3.05, 3.63) is 46.8 Å². The molecule has 0 unspecified atom stereocenters. The summed E-state index contributed by atoms with van der Waals surface area (Å²) in [6.07, 6.45) is 0. The van der Waals surface area contributed by atoms with Gasteiger partial charge in [-0.05, 0) is 16.5 Å². The van der Waals surface area contributed by atoms with Crippen molar-refractivity contribution in [3.63, 3.8) is 0 Å². The highest BCUT2D eigenvalue weighted by Gasteiger charge is 2.14. The zero-order chi connectivity index (χ0) is 15.5. The Balaban J connectivity index is 2.20. The van der Waals surface area contributed by atoms with Gasteiger partial charge in [0.1, 0.15) is 5.69 Å². The van der Waals surface area contributed by atoms with E-state index in [1.165, 1.54) is 11.1 Å². The number of hydrogen-bond donors (Lipinski definition) is 1. The van der Waals surface area contributed by atoms with Crippen LogP contribution in [-0.2, 0) is 29.8 Å². The van der Waals surface area contributed by atoms with Crippen LogP contribution >= 0.6 is 0 Å². The van der Waals surface area contributed by atoms with Crippen LogP contribution in [0.15, 0.2) is 24.3 Å². The second kappa shape index (κ2) is 6.37. The Hall–Kier alpha value is -1.72. The SMILES string of the molecule is COCc1c(CN)nnn1Cc1ccc(C(C)(C)C)cc1. The van der Waals surface area contributed by atoms with Crippen molar-refractivity contribution in [2.24, 2.45) is 5.73 Å². The van der Waals surface area contributed by atoms with Crippen molar-refractivity contribution in [1.82, 2.24) is 15.0 Å². The van der Waals surface area contributed by atoms with E-state index in [1.54, 1.807) is 7.11 Å². The zero-order valence-corrected chi connectivity index (χ0v) is 13.3. The van der Waals surface area contributed by atoms with Gasteiger partial charge in [0, 0.05) is 13.7 Å². The topological polar surface area (TPSA) is 66.0 Å². The lowest BCUT2D eigenvalue weighted by molar-refractivity contribution is 0.176. The first kappa shape index (κ1) is 15.7. The minimum Gasteiger partial charge on any atom is -0.378 e. The molecule has 5 heteroatoms. The van der Waals surface area contributed by atoms with Gasteiger partial charge >= 0.3 is 0 Å². The molecule has 0 fully saturated rings. The Morgan fingerprint density at radius 1 is 1.19 bits per heavy atom. The van der Waals surface area contributed by atoms with Crippen LogP contribution in [0.4, 0.5) is 0 Å². The first-order valence-corrected chi connectivity index (χ1v) is 7.15. The van der Waals surface area contributed by atoms with Crippen molar-refractivity contribution in [1.29, 1.82) is 0 Å². The highest BCUT2D eigenvalue weighted by molar-refractivity contribution is 5.28. The zero-order valence-electron chi connectivity index (χ0n) is 13.3. The Labute approximate surface area is 126 Å². The molecule has 0 atom stereocenters. The van der Waals surface area contributed by atoms with Crippen LogP contribution in [0, 0.1) is 0 Å². The molecule has 0 spiro atoms. The average molecular weight is 288 g/mol. The second-order valence-corrected chi connectivity index (χ2v) is 6.22. The molecule has 0 radical (unpaired) electrons. The van der Waals surface area contributed by atoms with Crippen molar-refractivity contribution >= 4 is 0 Å². The molecule has 0 aliphatic rings. The molecule has 1 aromatic heterocycles. The van der Waals surface area contributed by atoms with Crippen molar-refractivity contribution in [2.45, 2.75) is 45.9 Å². The number of rotatable bonds is 5. The maximum absolute atomic E-state index is 5.68. The molecule has 0 aliphatic heterocycles. The fourth-order valence-electron chi connectivity index (χ4n) is 2.23. The molecule has 2 rings (SSSR count). The Bertz CT molecular complexity index is 581. The van der Waals surface area contributed by atoms with Crippen LogP contribution in [0.5, 0.6) is 0 Å². The predicted octanol–water partition coefficient (Wildman–Crippen LogP) is 2.23. The van der Waals surface area contributed by atoms with E-state index in [0.29, 0.717) is 19.7 Å². The predicted molar refractivity (Wildman–Crippen MR) is 82.9 cm³/mol. The van der Waals surface area contributed by atoms with Gasteiger partial charge in [-0.2, -0.15) is 0 Å². The fraction of sp³-hybridized carbons (Fsp3) is 0.500. The molecular weight excluding hydrogens is 264 g/mol. The summed E-state index contributed by atoms with van der Waals surface area (Å²) in [4.78, 5) is 0. The van der Waals surface area contributed by atoms with Crippen LogP contribution in [0.2, 0.25) is 0 Å². The molecule has 0 saturated heterocycles. The standard InChI is InChI=1S/C16H24N4O/c1-16(2,3)13-7-5-12(6-8-13)10-20-15(11-21-4)14(9-17)18-19-20/h5-8H,9-11,17H2,1-4H3. The van der Waals surface area contributed by atoms with Crippen LogP contribution in [0.1, 0.15) is 43.3 Å². The Morgan fingerprint density at radius 2 is 1.86 bits per heavy atom. The van der Waals surface area contributed by atoms with Gasteiger partial charge in [0.15, 0.2) is 0 Å². The number of hydrogen-bond acceptors (Lipinski definition) is 4. The summed E-state index contributed by atoms with van der Waals surface area (Å²) in [6, 6.07) is 8.63. The smallest absolute Gasteiger partial charge is 0.102 e. The molecule has 0 aliphatic carbocycles. The minimum absolute atomic E-state index is 0.166. The third-order valence-electron chi connectivity index (χ3n) is 3.54. The van der Waals surface area contributed by atoms with Gasteiger partial charge < -0.3 is 10.5 Å². The maximum atomic E-state index is 5.68. The van der Waals surface area contributed by atoms with Gasteiger partial charge in [-0.15, -0.1) is 5.10 Å². The lowest BCUT2D eigenvalue weighted by Crippen LogP contribution is -2.12. The van der Waals surface area contributed by atoms with E-state index in [1.807, 2.05) is 4.68 Å². The number of benzene rings is 1. The molecule has 21 heavy (non-hydrogen) atoms. The Kier molecular flexibility index (Phi) is 4.75. The van der Waals surface area contributed by atoms with Gasteiger partial charge in [-0.3, -0.25) is 0 Å². The number of methoxy groups -OCH3 is 1. The molecule has 5 nitrogen and oxygen atoms in total. The largest absolute Gasteiger partial charge is 0.378 e. The minimum atomic E-state index is 0.166. The van der Waals surface area contributed by atoms with E-state index in [2.05, 4.69) is 55.3 Å². The molecule has 0 amide bonds. The molecule has 1 heterocycles. The van der Waals surface area contributed by atoms with Gasteiger partial charge in [0.25, 0.3) is 0 Å². The monoisotopic (exact) mass is 288 g/mol. The Morgan fingerprint density at radius 3 is 2.38 bits per heavy atom. The average Bonchev–Trinajstić information content (AvgIpc) is 2.81. The van der Waals surface area contributed by atoms with E-state index < -0.39 is 0 Å². The van der Waals surface area contributed by atoms with Crippen molar-refractivity contribution < 1.29 is 4.74 Å². The van der Waals surface area contributed by atoms with E-state index in [0.717, 1.165) is 11.4 Å². The quantitative estimate of drug-likeness (QED) is 0.916. The summed E-state index contributed by atoms with van der Waals surface area (Å²) in [5.74, 6) is 0. The normalized spacial score (nSPS) is 11.9. The van der Waals surface area contributed by atoms with E-state index in [4.69, 9.17) is 10.5 Å². The van der Waals surface area contributed by atoms with Crippen molar-refractivity contribution in [3.8, 4) is 0 Å². The first-order chi connectivity index (χ1) is 9.95. The highest BCUT2D eigenvalue weighted by atomic mass is 16.5. The molecule has 0 saturated carbocycles. The second-order valence-electron chi connectivity index (χ2n) is 6.22.